The summed E-state index contributed by atoms with van der Waals surface area (Å²) in [6, 6.07) is 7.95. The van der Waals surface area contributed by atoms with Gasteiger partial charge in [-0.25, -0.2) is 4.68 Å². The summed E-state index contributed by atoms with van der Waals surface area (Å²) < 4.78 is 1.88. The average molecular weight is 274 g/mol. The summed E-state index contributed by atoms with van der Waals surface area (Å²) in [7, 11) is 0. The van der Waals surface area contributed by atoms with E-state index in [0.29, 0.717) is 0 Å². The normalized spacial score (nSPS) is 17.4. The molecule has 0 saturated carbocycles. The predicted octanol–water partition coefficient (Wildman–Crippen LogP) is 3.16. The van der Waals surface area contributed by atoms with Crippen molar-refractivity contribution in [1.82, 2.24) is 20.3 Å². The Balaban J connectivity index is 1.87. The SMILES string of the molecule is C=CC1=CC2=C(C1)C(n1nnc3ccccc31)=CNC2=C. The van der Waals surface area contributed by atoms with Crippen molar-refractivity contribution in [3.63, 3.8) is 0 Å². The number of nitrogens with zero attached hydrogens (tertiary/aromatic N) is 3. The highest BCUT2D eigenvalue weighted by Crippen LogP contribution is 2.38. The van der Waals surface area contributed by atoms with E-state index in [-0.39, 0.29) is 0 Å². The summed E-state index contributed by atoms with van der Waals surface area (Å²) in [6.45, 7) is 7.93. The van der Waals surface area contributed by atoms with Crippen molar-refractivity contribution in [2.24, 2.45) is 0 Å². The fraction of sp³-hybridized carbons (Fsp3) is 0.0588. The fourth-order valence-corrected chi connectivity index (χ4v) is 2.81. The summed E-state index contributed by atoms with van der Waals surface area (Å²) in [6.07, 6.45) is 6.81. The molecular formula is C17H14N4. The molecule has 0 unspecified atom stereocenters. The molecule has 2 aliphatic rings. The van der Waals surface area contributed by atoms with Gasteiger partial charge in [0, 0.05) is 23.9 Å². The second-order valence-electron chi connectivity index (χ2n) is 5.13. The summed E-state index contributed by atoms with van der Waals surface area (Å²) in [5, 5.41) is 11.7. The number of rotatable bonds is 2. The summed E-state index contributed by atoms with van der Waals surface area (Å²) in [5.41, 5.74) is 7.34. The molecule has 0 bridgehead atoms. The number of benzene rings is 1. The van der Waals surface area contributed by atoms with Crippen LogP contribution in [-0.4, -0.2) is 15.0 Å². The minimum atomic E-state index is 0.847. The molecular weight excluding hydrogens is 260 g/mol. The van der Waals surface area contributed by atoms with Gasteiger partial charge in [-0.3, -0.25) is 0 Å². The van der Waals surface area contributed by atoms with Gasteiger partial charge in [0.05, 0.1) is 11.2 Å². The first-order valence-corrected chi connectivity index (χ1v) is 6.81. The first kappa shape index (κ1) is 11.9. The first-order valence-electron chi connectivity index (χ1n) is 6.81. The molecule has 4 rings (SSSR count). The molecule has 2 aromatic rings. The Morgan fingerprint density at radius 2 is 2.14 bits per heavy atom. The van der Waals surface area contributed by atoms with E-state index in [1.807, 2.05) is 41.2 Å². The minimum Gasteiger partial charge on any atom is -0.360 e. The topological polar surface area (TPSA) is 42.7 Å². The van der Waals surface area contributed by atoms with Gasteiger partial charge in [-0.2, -0.15) is 0 Å². The third-order valence-corrected chi connectivity index (χ3v) is 3.90. The Bertz CT molecular complexity index is 877. The van der Waals surface area contributed by atoms with Gasteiger partial charge < -0.3 is 5.32 Å². The summed E-state index contributed by atoms with van der Waals surface area (Å²) in [4.78, 5) is 0. The van der Waals surface area contributed by atoms with Gasteiger partial charge in [0.2, 0.25) is 0 Å². The van der Waals surface area contributed by atoms with Crippen molar-refractivity contribution in [3.05, 3.63) is 78.2 Å². The van der Waals surface area contributed by atoms with E-state index >= 15 is 0 Å². The maximum absolute atomic E-state index is 4.30. The Labute approximate surface area is 122 Å². The van der Waals surface area contributed by atoms with Crippen LogP contribution < -0.4 is 5.32 Å². The summed E-state index contributed by atoms with van der Waals surface area (Å²) >= 11 is 0. The average Bonchev–Trinajstić information content (AvgIpc) is 3.12. The maximum Gasteiger partial charge on any atom is 0.113 e. The lowest BCUT2D eigenvalue weighted by molar-refractivity contribution is 0.823. The third kappa shape index (κ3) is 1.69. The molecule has 0 spiro atoms. The largest absolute Gasteiger partial charge is 0.360 e. The van der Waals surface area contributed by atoms with Crippen LogP contribution in [0.3, 0.4) is 0 Å². The minimum absolute atomic E-state index is 0.847. The van der Waals surface area contributed by atoms with Crippen LogP contribution in [0.4, 0.5) is 0 Å². The number of hydrogen-bond acceptors (Lipinski definition) is 3. The smallest absolute Gasteiger partial charge is 0.113 e. The van der Waals surface area contributed by atoms with Crippen molar-refractivity contribution in [2.75, 3.05) is 0 Å². The molecule has 21 heavy (non-hydrogen) atoms. The van der Waals surface area contributed by atoms with Crippen molar-refractivity contribution in [1.29, 1.82) is 0 Å². The second kappa shape index (κ2) is 4.31. The van der Waals surface area contributed by atoms with Crippen LogP contribution in [-0.2, 0) is 0 Å². The van der Waals surface area contributed by atoms with Crippen molar-refractivity contribution in [3.8, 4) is 0 Å². The zero-order chi connectivity index (χ0) is 14.4. The number of nitrogens with one attached hydrogen (secondary N) is 1. The second-order valence-corrected chi connectivity index (χ2v) is 5.13. The van der Waals surface area contributed by atoms with Gasteiger partial charge in [0.15, 0.2) is 0 Å². The number of para-hydroxylation sites is 1. The molecule has 0 atom stereocenters. The van der Waals surface area contributed by atoms with Gasteiger partial charge in [-0.05, 0) is 29.4 Å². The van der Waals surface area contributed by atoms with Crippen molar-refractivity contribution in [2.45, 2.75) is 6.42 Å². The Morgan fingerprint density at radius 1 is 1.29 bits per heavy atom. The summed E-state index contributed by atoms with van der Waals surface area (Å²) in [5.74, 6) is 0. The molecule has 2 heterocycles. The van der Waals surface area contributed by atoms with Crippen LogP contribution in [0.5, 0.6) is 0 Å². The Morgan fingerprint density at radius 3 is 3.00 bits per heavy atom. The molecule has 1 aromatic carbocycles. The van der Waals surface area contributed by atoms with Gasteiger partial charge in [-0.15, -0.1) is 5.10 Å². The van der Waals surface area contributed by atoms with E-state index in [2.05, 4.69) is 34.9 Å². The molecule has 4 heteroatoms. The van der Waals surface area contributed by atoms with Crippen LogP contribution in [0.25, 0.3) is 16.7 Å². The Hall–Kier alpha value is -2.88. The lowest BCUT2D eigenvalue weighted by Gasteiger charge is -2.19. The molecule has 1 N–H and O–H groups in total. The van der Waals surface area contributed by atoms with Crippen molar-refractivity contribution >= 4 is 16.7 Å². The molecule has 0 amide bonds. The number of fused-ring (bicyclic) bond motifs is 1. The number of aromatic nitrogens is 3. The quantitative estimate of drug-likeness (QED) is 0.914. The van der Waals surface area contributed by atoms with E-state index in [0.717, 1.165) is 34.4 Å². The monoisotopic (exact) mass is 274 g/mol. The molecule has 102 valence electrons. The first-order chi connectivity index (χ1) is 10.3. The van der Waals surface area contributed by atoms with Gasteiger partial charge >= 0.3 is 0 Å². The van der Waals surface area contributed by atoms with E-state index < -0.39 is 0 Å². The van der Waals surface area contributed by atoms with E-state index in [9.17, 15) is 0 Å². The van der Waals surface area contributed by atoms with Crippen LogP contribution >= 0.6 is 0 Å². The zero-order valence-electron chi connectivity index (χ0n) is 11.5. The zero-order valence-corrected chi connectivity index (χ0v) is 11.5. The number of hydrogen-bond donors (Lipinski definition) is 1. The highest BCUT2D eigenvalue weighted by atomic mass is 15.4. The molecule has 0 saturated heterocycles. The van der Waals surface area contributed by atoms with E-state index in [1.54, 1.807) is 0 Å². The molecule has 1 aliphatic carbocycles. The van der Waals surface area contributed by atoms with Gasteiger partial charge in [0.25, 0.3) is 0 Å². The fourth-order valence-electron chi connectivity index (χ4n) is 2.81. The highest BCUT2D eigenvalue weighted by Gasteiger charge is 2.25. The number of allylic oxidation sites excluding steroid dienone is 5. The van der Waals surface area contributed by atoms with Gasteiger partial charge in [-0.1, -0.05) is 36.6 Å². The van der Waals surface area contributed by atoms with Crippen LogP contribution in [0.15, 0.2) is 78.2 Å². The standard InChI is InChI=1S/C17H14N4/c1-3-12-8-13-11(2)18-10-17(14(13)9-12)21-16-7-5-4-6-15(16)19-20-21/h3-8,10,18H,1-2,9H2. The third-order valence-electron chi connectivity index (χ3n) is 3.90. The predicted molar refractivity (Wildman–Crippen MR) is 84.0 cm³/mol. The molecule has 0 fully saturated rings. The lowest BCUT2D eigenvalue weighted by Crippen LogP contribution is -2.16. The van der Waals surface area contributed by atoms with Crippen LogP contribution in [0, 0.1) is 0 Å². The molecule has 4 nitrogen and oxygen atoms in total. The van der Waals surface area contributed by atoms with E-state index in [1.165, 1.54) is 11.1 Å². The van der Waals surface area contributed by atoms with Gasteiger partial charge in [0.1, 0.15) is 5.52 Å². The van der Waals surface area contributed by atoms with Crippen LogP contribution in [0.1, 0.15) is 6.42 Å². The van der Waals surface area contributed by atoms with Crippen molar-refractivity contribution < 1.29 is 0 Å². The maximum atomic E-state index is 4.30. The van der Waals surface area contributed by atoms with Crippen LogP contribution in [0.2, 0.25) is 0 Å². The lowest BCUT2D eigenvalue weighted by atomic mass is 10.0. The van der Waals surface area contributed by atoms with E-state index in [4.69, 9.17) is 0 Å². The molecule has 1 aliphatic heterocycles. The highest BCUT2D eigenvalue weighted by molar-refractivity contribution is 5.84. The molecule has 1 aromatic heterocycles. The molecule has 0 radical (unpaired) electrons. The number of dihydropyridines is 1. The Kier molecular flexibility index (Phi) is 2.44.